The van der Waals surface area contributed by atoms with E-state index < -0.39 is 0 Å². The molecule has 0 radical (unpaired) electrons. The Hall–Kier alpha value is -2.53. The average molecular weight is 443 g/mol. The van der Waals surface area contributed by atoms with Crippen molar-refractivity contribution in [1.82, 2.24) is 20.3 Å². The first-order chi connectivity index (χ1) is 15.2. The van der Waals surface area contributed by atoms with Gasteiger partial charge in [-0.1, -0.05) is 12.1 Å². The second kappa shape index (κ2) is 8.91. The Kier molecular flexibility index (Phi) is 5.86. The number of fused-ring (bicyclic) bond motifs is 1. The van der Waals surface area contributed by atoms with Crippen LogP contribution >= 0.6 is 11.3 Å². The third kappa shape index (κ3) is 4.16. The van der Waals surface area contributed by atoms with Gasteiger partial charge in [0.25, 0.3) is 5.56 Å². The molecule has 4 N–H and O–H groups in total. The zero-order chi connectivity index (χ0) is 21.2. The number of para-hydroxylation sites is 1. The number of hydrogen-bond donors (Lipinski definition) is 4. The number of aliphatic hydroxyl groups is 1. The van der Waals surface area contributed by atoms with Crippen LogP contribution in [-0.4, -0.2) is 71.6 Å². The molecule has 10 heteroatoms. The van der Waals surface area contributed by atoms with Crippen LogP contribution in [0, 0.1) is 0 Å². The fraction of sp³-hybridized carbons (Fsp3) is 0.476. The van der Waals surface area contributed by atoms with Crippen molar-refractivity contribution < 1.29 is 9.84 Å². The molecule has 2 aliphatic heterocycles. The van der Waals surface area contributed by atoms with Gasteiger partial charge in [-0.25, -0.2) is 4.98 Å². The summed E-state index contributed by atoms with van der Waals surface area (Å²) in [5.74, 6) is 0.984. The molecule has 2 saturated heterocycles. The maximum Gasteiger partial charge on any atom is 0.264 e. The lowest BCUT2D eigenvalue weighted by atomic mass is 10.1. The van der Waals surface area contributed by atoms with Gasteiger partial charge in [-0.15, -0.1) is 11.3 Å². The van der Waals surface area contributed by atoms with Crippen LogP contribution < -0.4 is 21.1 Å². The quantitative estimate of drug-likeness (QED) is 0.469. The number of ether oxygens (including phenoxy) is 1. The number of morpholine rings is 1. The normalized spacial score (nSPS) is 22.0. The van der Waals surface area contributed by atoms with E-state index in [2.05, 4.69) is 15.6 Å². The second-order valence-electron chi connectivity index (χ2n) is 7.89. The molecule has 3 aromatic rings. The number of aromatic nitrogens is 3. The molecule has 2 fully saturated rings. The summed E-state index contributed by atoms with van der Waals surface area (Å²) in [5, 5.41) is 17.3. The molecule has 2 aromatic heterocycles. The molecular formula is C21H26N6O3S. The van der Waals surface area contributed by atoms with Gasteiger partial charge in [0.2, 0.25) is 5.95 Å². The summed E-state index contributed by atoms with van der Waals surface area (Å²) in [4.78, 5) is 27.7. The highest BCUT2D eigenvalue weighted by atomic mass is 32.1. The molecule has 0 spiro atoms. The molecule has 9 nitrogen and oxygen atoms in total. The third-order valence-corrected chi connectivity index (χ3v) is 6.82. The fourth-order valence-electron chi connectivity index (χ4n) is 4.13. The Balaban J connectivity index is 1.59. The van der Waals surface area contributed by atoms with Crippen molar-refractivity contribution in [2.75, 3.05) is 49.7 Å². The number of aliphatic hydroxyl groups excluding tert-OH is 1. The number of piperidine rings is 1. The standard InChI is InChI=1S/C21H26N6O3S/c28-11-14-12-30-9-8-27(14)21-25-18(23-13-4-3-7-22-10-13)17(19(29)26-21)20-24-15-5-1-2-6-16(15)31-20/h1-2,5-6,13-14,22,28H,3-4,7-12H2,(H2,23,25,26,29). The summed E-state index contributed by atoms with van der Waals surface area (Å²) in [6, 6.07) is 7.80. The summed E-state index contributed by atoms with van der Waals surface area (Å²) in [6.07, 6.45) is 2.08. The van der Waals surface area contributed by atoms with E-state index in [0.29, 0.717) is 42.1 Å². The fourth-order valence-corrected chi connectivity index (χ4v) is 5.14. The number of nitrogens with zero attached hydrogens (tertiary/aromatic N) is 3. The SMILES string of the molecule is O=c1[nH]c(N2CCOCC2CO)nc(NC2CCCNC2)c1-c1nc2ccccc2s1. The number of rotatable bonds is 5. The molecule has 2 unspecified atom stereocenters. The maximum atomic E-state index is 13.3. The Morgan fingerprint density at radius 3 is 3.03 bits per heavy atom. The van der Waals surface area contributed by atoms with Gasteiger partial charge in [0, 0.05) is 19.1 Å². The molecule has 2 atom stereocenters. The van der Waals surface area contributed by atoms with E-state index in [0.717, 1.165) is 36.1 Å². The zero-order valence-corrected chi connectivity index (χ0v) is 18.0. The highest BCUT2D eigenvalue weighted by molar-refractivity contribution is 7.21. The minimum absolute atomic E-state index is 0.0708. The molecule has 31 heavy (non-hydrogen) atoms. The zero-order valence-electron chi connectivity index (χ0n) is 17.1. The topological polar surface area (TPSA) is 115 Å². The van der Waals surface area contributed by atoms with Crippen LogP contribution in [0.4, 0.5) is 11.8 Å². The molecule has 5 rings (SSSR count). The van der Waals surface area contributed by atoms with Crippen molar-refractivity contribution in [1.29, 1.82) is 0 Å². The number of H-pyrrole nitrogens is 1. The van der Waals surface area contributed by atoms with Crippen LogP contribution in [0.25, 0.3) is 20.8 Å². The number of hydrogen-bond acceptors (Lipinski definition) is 9. The molecule has 2 aliphatic rings. The first-order valence-corrected chi connectivity index (χ1v) is 11.5. The molecule has 0 bridgehead atoms. The van der Waals surface area contributed by atoms with E-state index in [1.807, 2.05) is 29.2 Å². The lowest BCUT2D eigenvalue weighted by molar-refractivity contribution is 0.0718. The van der Waals surface area contributed by atoms with E-state index in [9.17, 15) is 9.90 Å². The molecule has 0 saturated carbocycles. The van der Waals surface area contributed by atoms with Crippen LogP contribution in [0.1, 0.15) is 12.8 Å². The number of thiazole rings is 1. The maximum absolute atomic E-state index is 13.3. The lowest BCUT2D eigenvalue weighted by Gasteiger charge is -2.35. The van der Waals surface area contributed by atoms with E-state index >= 15 is 0 Å². The Morgan fingerprint density at radius 1 is 1.32 bits per heavy atom. The van der Waals surface area contributed by atoms with Crippen LogP contribution in [0.15, 0.2) is 29.1 Å². The minimum atomic E-state index is -0.241. The number of nitrogens with one attached hydrogen (secondary N) is 3. The van der Waals surface area contributed by atoms with E-state index in [1.54, 1.807) is 0 Å². The predicted molar refractivity (Wildman–Crippen MR) is 122 cm³/mol. The van der Waals surface area contributed by atoms with E-state index in [4.69, 9.17) is 14.7 Å². The van der Waals surface area contributed by atoms with Crippen molar-refractivity contribution in [2.45, 2.75) is 24.9 Å². The molecule has 0 aliphatic carbocycles. The summed E-state index contributed by atoms with van der Waals surface area (Å²) < 4.78 is 6.51. The molecular weight excluding hydrogens is 416 g/mol. The Bertz CT molecular complexity index is 1080. The number of benzene rings is 1. The Morgan fingerprint density at radius 2 is 2.23 bits per heavy atom. The smallest absolute Gasteiger partial charge is 0.264 e. The first-order valence-electron chi connectivity index (χ1n) is 10.7. The largest absolute Gasteiger partial charge is 0.394 e. The lowest BCUT2D eigenvalue weighted by Crippen LogP contribution is -2.49. The van der Waals surface area contributed by atoms with Gasteiger partial charge in [0.05, 0.1) is 36.1 Å². The van der Waals surface area contributed by atoms with Gasteiger partial charge in [-0.05, 0) is 31.5 Å². The van der Waals surface area contributed by atoms with Crippen LogP contribution in [0.5, 0.6) is 0 Å². The van der Waals surface area contributed by atoms with E-state index in [-0.39, 0.29) is 24.2 Å². The predicted octanol–water partition coefficient (Wildman–Crippen LogP) is 1.41. The van der Waals surface area contributed by atoms with Crippen molar-refractivity contribution >= 4 is 33.3 Å². The van der Waals surface area contributed by atoms with Gasteiger partial charge in [-0.2, -0.15) is 4.98 Å². The highest BCUT2D eigenvalue weighted by Gasteiger charge is 2.27. The monoisotopic (exact) mass is 442 g/mol. The van der Waals surface area contributed by atoms with Crippen molar-refractivity contribution in [3.8, 4) is 10.6 Å². The summed E-state index contributed by atoms with van der Waals surface area (Å²) >= 11 is 1.49. The number of aromatic amines is 1. The van der Waals surface area contributed by atoms with Crippen molar-refractivity contribution in [2.24, 2.45) is 0 Å². The van der Waals surface area contributed by atoms with Gasteiger partial charge in [-0.3, -0.25) is 9.78 Å². The van der Waals surface area contributed by atoms with Gasteiger partial charge < -0.3 is 25.4 Å². The van der Waals surface area contributed by atoms with Gasteiger partial charge in [0.1, 0.15) is 16.4 Å². The molecule has 0 amide bonds. The highest BCUT2D eigenvalue weighted by Crippen LogP contribution is 2.33. The van der Waals surface area contributed by atoms with Crippen molar-refractivity contribution in [3.63, 3.8) is 0 Å². The van der Waals surface area contributed by atoms with Gasteiger partial charge >= 0.3 is 0 Å². The Labute approximate surface area is 183 Å². The summed E-state index contributed by atoms with van der Waals surface area (Å²) in [7, 11) is 0. The average Bonchev–Trinajstić information content (AvgIpc) is 3.23. The summed E-state index contributed by atoms with van der Waals surface area (Å²) in [5.41, 5.74) is 1.09. The van der Waals surface area contributed by atoms with E-state index in [1.165, 1.54) is 11.3 Å². The van der Waals surface area contributed by atoms with Crippen LogP contribution in [-0.2, 0) is 4.74 Å². The molecule has 164 valence electrons. The first kappa shape index (κ1) is 20.4. The molecule has 4 heterocycles. The minimum Gasteiger partial charge on any atom is -0.394 e. The third-order valence-electron chi connectivity index (χ3n) is 5.76. The van der Waals surface area contributed by atoms with Crippen LogP contribution in [0.2, 0.25) is 0 Å². The summed E-state index contributed by atoms with van der Waals surface area (Å²) in [6.45, 7) is 3.23. The van der Waals surface area contributed by atoms with Crippen LogP contribution in [0.3, 0.4) is 0 Å². The van der Waals surface area contributed by atoms with Crippen molar-refractivity contribution in [3.05, 3.63) is 34.6 Å². The second-order valence-corrected chi connectivity index (χ2v) is 8.92. The van der Waals surface area contributed by atoms with Gasteiger partial charge in [0.15, 0.2) is 0 Å². The molecule has 1 aromatic carbocycles. The number of anilines is 2.